The Morgan fingerprint density at radius 3 is 2.32 bits per heavy atom. The Morgan fingerprint density at radius 1 is 0.964 bits per heavy atom. The lowest BCUT2D eigenvalue weighted by molar-refractivity contribution is -0.132. The fourth-order valence-corrected chi connectivity index (χ4v) is 3.43. The molecule has 138 valence electrons. The number of anilines is 1. The van der Waals surface area contributed by atoms with E-state index in [0.717, 1.165) is 0 Å². The summed E-state index contributed by atoms with van der Waals surface area (Å²) in [4.78, 5) is 31.2. The van der Waals surface area contributed by atoms with Gasteiger partial charge in [0.2, 0.25) is 0 Å². The number of aliphatic hydroxyl groups excluding tert-OH is 1. The number of amides is 1. The quantitative estimate of drug-likeness (QED) is 0.410. The largest absolute Gasteiger partial charge is 0.507 e. The van der Waals surface area contributed by atoms with E-state index in [4.69, 9.17) is 11.6 Å². The highest BCUT2D eigenvalue weighted by Gasteiger charge is 2.47. The van der Waals surface area contributed by atoms with E-state index in [9.17, 15) is 14.7 Å². The number of benzene rings is 2. The number of Topliss-reactive ketones (excluding diaryl/α,β-unsaturated/α-hetero) is 1. The number of aromatic nitrogens is 1. The number of carbonyl (C=O) groups is 2. The first-order chi connectivity index (χ1) is 13.6. The summed E-state index contributed by atoms with van der Waals surface area (Å²) < 4.78 is 0. The Balaban J connectivity index is 1.95. The van der Waals surface area contributed by atoms with Gasteiger partial charge in [-0.05, 0) is 29.8 Å². The van der Waals surface area contributed by atoms with Crippen LogP contribution in [0.1, 0.15) is 17.2 Å². The number of rotatable bonds is 3. The number of ketones is 1. The molecule has 0 saturated carbocycles. The summed E-state index contributed by atoms with van der Waals surface area (Å²) in [5, 5.41) is 11.4. The van der Waals surface area contributed by atoms with Crippen LogP contribution >= 0.6 is 11.6 Å². The van der Waals surface area contributed by atoms with E-state index < -0.39 is 17.7 Å². The predicted octanol–water partition coefficient (Wildman–Crippen LogP) is 4.36. The zero-order valence-corrected chi connectivity index (χ0v) is 15.4. The van der Waals surface area contributed by atoms with Crippen molar-refractivity contribution in [3.8, 4) is 0 Å². The van der Waals surface area contributed by atoms with E-state index in [1.165, 1.54) is 11.1 Å². The molecule has 0 radical (unpaired) electrons. The topological polar surface area (TPSA) is 70.5 Å². The van der Waals surface area contributed by atoms with Gasteiger partial charge < -0.3 is 5.11 Å². The average Bonchev–Trinajstić information content (AvgIpc) is 3.00. The van der Waals surface area contributed by atoms with Crippen molar-refractivity contribution in [2.24, 2.45) is 0 Å². The van der Waals surface area contributed by atoms with Crippen LogP contribution in [0.25, 0.3) is 5.76 Å². The lowest BCUT2D eigenvalue weighted by atomic mass is 9.95. The summed E-state index contributed by atoms with van der Waals surface area (Å²) in [7, 11) is 0. The van der Waals surface area contributed by atoms with E-state index in [-0.39, 0.29) is 11.3 Å². The van der Waals surface area contributed by atoms with Crippen LogP contribution in [-0.2, 0) is 9.59 Å². The van der Waals surface area contributed by atoms with Crippen molar-refractivity contribution in [2.45, 2.75) is 6.04 Å². The van der Waals surface area contributed by atoms with Gasteiger partial charge in [-0.1, -0.05) is 54.1 Å². The fraction of sp³-hybridized carbons (Fsp3) is 0.0455. The van der Waals surface area contributed by atoms with Gasteiger partial charge in [0.15, 0.2) is 0 Å². The second-order valence-corrected chi connectivity index (χ2v) is 6.73. The first kappa shape index (κ1) is 17.9. The zero-order chi connectivity index (χ0) is 19.7. The molecule has 0 aliphatic carbocycles. The molecule has 1 amide bonds. The Kier molecular flexibility index (Phi) is 4.67. The van der Waals surface area contributed by atoms with Gasteiger partial charge in [0.1, 0.15) is 5.76 Å². The highest BCUT2D eigenvalue weighted by Crippen LogP contribution is 2.42. The molecule has 2 heterocycles. The molecule has 1 fully saturated rings. The first-order valence-corrected chi connectivity index (χ1v) is 8.97. The van der Waals surface area contributed by atoms with Crippen molar-refractivity contribution < 1.29 is 14.7 Å². The van der Waals surface area contributed by atoms with E-state index in [2.05, 4.69) is 4.98 Å². The third-order valence-corrected chi connectivity index (χ3v) is 4.85. The van der Waals surface area contributed by atoms with Crippen LogP contribution in [-0.4, -0.2) is 21.8 Å². The molecule has 5 nitrogen and oxygen atoms in total. The zero-order valence-electron chi connectivity index (χ0n) is 14.6. The molecule has 1 aromatic heterocycles. The van der Waals surface area contributed by atoms with E-state index in [1.54, 1.807) is 66.9 Å². The predicted molar refractivity (Wildman–Crippen MR) is 107 cm³/mol. The van der Waals surface area contributed by atoms with Gasteiger partial charge >= 0.3 is 0 Å². The molecular formula is C22H15ClN2O3. The molecule has 1 aliphatic rings. The third-order valence-electron chi connectivity index (χ3n) is 4.60. The molecule has 2 aromatic carbocycles. The standard InChI is InChI=1S/C22H15ClN2O3/c23-16-10-8-14(9-11-16)19-18(20(26)15-5-2-1-3-6-15)21(27)22(28)25(19)17-7-4-12-24-13-17/h1-13,19,26H/b20-18-. The maximum absolute atomic E-state index is 12.9. The van der Waals surface area contributed by atoms with Gasteiger partial charge in [-0.25, -0.2) is 0 Å². The van der Waals surface area contributed by atoms with E-state index >= 15 is 0 Å². The second-order valence-electron chi connectivity index (χ2n) is 6.30. The molecule has 1 atom stereocenters. The summed E-state index contributed by atoms with van der Waals surface area (Å²) in [5.41, 5.74) is 1.62. The lowest BCUT2D eigenvalue weighted by Crippen LogP contribution is -2.29. The minimum atomic E-state index is -0.790. The molecular weight excluding hydrogens is 376 g/mol. The number of hydrogen-bond donors (Lipinski definition) is 1. The van der Waals surface area contributed by atoms with Gasteiger partial charge in [0.05, 0.1) is 23.5 Å². The number of halogens is 1. The van der Waals surface area contributed by atoms with E-state index in [1.807, 2.05) is 6.07 Å². The van der Waals surface area contributed by atoms with Crippen molar-refractivity contribution in [1.29, 1.82) is 0 Å². The molecule has 4 rings (SSSR count). The molecule has 3 aromatic rings. The van der Waals surface area contributed by atoms with Crippen LogP contribution in [0.2, 0.25) is 5.02 Å². The van der Waals surface area contributed by atoms with Crippen molar-refractivity contribution in [1.82, 2.24) is 4.98 Å². The number of hydrogen-bond acceptors (Lipinski definition) is 4. The number of carbonyl (C=O) groups excluding carboxylic acids is 2. The van der Waals surface area contributed by atoms with Crippen LogP contribution in [0.3, 0.4) is 0 Å². The Hall–Kier alpha value is -3.44. The molecule has 1 N–H and O–H groups in total. The molecule has 1 saturated heterocycles. The highest BCUT2D eigenvalue weighted by atomic mass is 35.5. The van der Waals surface area contributed by atoms with Gasteiger partial charge in [-0.3, -0.25) is 19.5 Å². The van der Waals surface area contributed by atoms with Gasteiger partial charge in [0, 0.05) is 16.8 Å². The third kappa shape index (κ3) is 3.06. The Labute approximate surface area is 166 Å². The smallest absolute Gasteiger partial charge is 0.300 e. The van der Waals surface area contributed by atoms with Gasteiger partial charge in [-0.2, -0.15) is 0 Å². The molecule has 1 aliphatic heterocycles. The fourth-order valence-electron chi connectivity index (χ4n) is 3.31. The van der Waals surface area contributed by atoms with Crippen molar-refractivity contribution >= 4 is 34.7 Å². The monoisotopic (exact) mass is 390 g/mol. The molecule has 1 unspecified atom stereocenters. The number of aliphatic hydroxyl groups is 1. The molecule has 0 spiro atoms. The average molecular weight is 391 g/mol. The summed E-state index contributed by atoms with van der Waals surface area (Å²) in [5.74, 6) is -1.68. The summed E-state index contributed by atoms with van der Waals surface area (Å²) in [6, 6.07) is 18.1. The highest BCUT2D eigenvalue weighted by molar-refractivity contribution is 6.51. The van der Waals surface area contributed by atoms with Crippen molar-refractivity contribution in [3.63, 3.8) is 0 Å². The molecule has 0 bridgehead atoms. The summed E-state index contributed by atoms with van der Waals surface area (Å²) in [6.07, 6.45) is 3.10. The number of nitrogens with zero attached hydrogens (tertiary/aromatic N) is 2. The summed E-state index contributed by atoms with van der Waals surface area (Å²) >= 11 is 6.01. The Morgan fingerprint density at radius 2 is 1.68 bits per heavy atom. The number of pyridine rings is 1. The molecule has 28 heavy (non-hydrogen) atoms. The summed E-state index contributed by atoms with van der Waals surface area (Å²) in [6.45, 7) is 0. The van der Waals surface area contributed by atoms with Crippen LogP contribution in [0.5, 0.6) is 0 Å². The van der Waals surface area contributed by atoms with Crippen molar-refractivity contribution in [3.05, 3.63) is 101 Å². The lowest BCUT2D eigenvalue weighted by Gasteiger charge is -2.25. The Bertz CT molecular complexity index is 1060. The van der Waals surface area contributed by atoms with Crippen LogP contribution in [0.4, 0.5) is 5.69 Å². The van der Waals surface area contributed by atoms with E-state index in [0.29, 0.717) is 21.8 Å². The maximum Gasteiger partial charge on any atom is 0.300 e. The van der Waals surface area contributed by atoms with Crippen molar-refractivity contribution in [2.75, 3.05) is 4.90 Å². The second kappa shape index (κ2) is 7.29. The minimum Gasteiger partial charge on any atom is -0.507 e. The van der Waals surface area contributed by atoms with Crippen LogP contribution in [0, 0.1) is 0 Å². The van der Waals surface area contributed by atoms with Gasteiger partial charge in [-0.15, -0.1) is 0 Å². The van der Waals surface area contributed by atoms with Crippen LogP contribution < -0.4 is 4.90 Å². The van der Waals surface area contributed by atoms with Crippen LogP contribution in [0.15, 0.2) is 84.7 Å². The van der Waals surface area contributed by atoms with Gasteiger partial charge in [0.25, 0.3) is 11.7 Å². The normalized spacial score (nSPS) is 18.5. The minimum absolute atomic E-state index is 0.0300. The SMILES string of the molecule is O=C1C(=O)N(c2cccnc2)C(c2ccc(Cl)cc2)/C1=C(/O)c1ccccc1. The maximum atomic E-state index is 12.9. The molecule has 6 heteroatoms. The first-order valence-electron chi connectivity index (χ1n) is 8.60.